The van der Waals surface area contributed by atoms with E-state index < -0.39 is 0 Å². The van der Waals surface area contributed by atoms with Crippen molar-refractivity contribution in [3.8, 4) is 0 Å². The maximum atomic E-state index is 6.38. The molecule has 0 radical (unpaired) electrons. The van der Waals surface area contributed by atoms with Crippen LogP contribution in [0.5, 0.6) is 0 Å². The number of aryl methyl sites for hydroxylation is 1. The molecule has 0 aliphatic carbocycles. The molecule has 0 bridgehead atoms. The molecule has 2 nitrogen and oxygen atoms in total. The Bertz CT molecular complexity index is 768. The zero-order chi connectivity index (χ0) is 14.1. The minimum atomic E-state index is -0.228. The van der Waals surface area contributed by atoms with Crippen molar-refractivity contribution in [1.82, 2.24) is 4.98 Å². The monoisotopic (exact) mass is 326 g/mol. The van der Waals surface area contributed by atoms with E-state index >= 15 is 0 Å². The van der Waals surface area contributed by atoms with Gasteiger partial charge in [-0.25, -0.2) is 4.98 Å². The van der Waals surface area contributed by atoms with Crippen molar-refractivity contribution in [1.29, 1.82) is 0 Å². The molecule has 3 heteroatoms. The van der Waals surface area contributed by atoms with Gasteiger partial charge in [0.05, 0.1) is 17.3 Å². The van der Waals surface area contributed by atoms with E-state index in [4.69, 9.17) is 10.7 Å². The lowest BCUT2D eigenvalue weighted by Crippen LogP contribution is -2.14. The van der Waals surface area contributed by atoms with Gasteiger partial charge < -0.3 is 5.73 Å². The molecular weight excluding hydrogens is 312 g/mol. The summed E-state index contributed by atoms with van der Waals surface area (Å²) in [4.78, 5) is 4.71. The van der Waals surface area contributed by atoms with Crippen molar-refractivity contribution in [2.45, 2.75) is 13.0 Å². The quantitative estimate of drug-likeness (QED) is 0.760. The fourth-order valence-electron chi connectivity index (χ4n) is 2.34. The van der Waals surface area contributed by atoms with Crippen LogP contribution in [0.4, 0.5) is 0 Å². The zero-order valence-corrected chi connectivity index (χ0v) is 12.8. The number of para-hydroxylation sites is 1. The third-order valence-corrected chi connectivity index (χ3v) is 4.04. The number of halogens is 1. The zero-order valence-electron chi connectivity index (χ0n) is 11.2. The van der Waals surface area contributed by atoms with Crippen LogP contribution in [0.25, 0.3) is 10.9 Å². The van der Waals surface area contributed by atoms with Gasteiger partial charge >= 0.3 is 0 Å². The maximum Gasteiger partial charge on any atom is 0.0765 e. The number of pyridine rings is 1. The second kappa shape index (κ2) is 5.35. The molecule has 20 heavy (non-hydrogen) atoms. The van der Waals surface area contributed by atoms with Crippen LogP contribution < -0.4 is 5.73 Å². The van der Waals surface area contributed by atoms with Gasteiger partial charge in [-0.05, 0) is 40.5 Å². The molecule has 0 saturated heterocycles. The van der Waals surface area contributed by atoms with E-state index in [0.717, 1.165) is 26.6 Å². The highest BCUT2D eigenvalue weighted by atomic mass is 79.9. The molecule has 0 aliphatic rings. The fraction of sp³-hybridized carbons (Fsp3) is 0.118. The molecule has 0 saturated carbocycles. The molecule has 1 atom stereocenters. The molecule has 100 valence electrons. The summed E-state index contributed by atoms with van der Waals surface area (Å²) in [5.41, 5.74) is 10.5. The summed E-state index contributed by atoms with van der Waals surface area (Å²) in [6.07, 6.45) is 0. The Hall–Kier alpha value is -1.71. The van der Waals surface area contributed by atoms with Crippen molar-refractivity contribution >= 4 is 26.8 Å². The number of benzene rings is 2. The summed E-state index contributed by atoms with van der Waals surface area (Å²) >= 11 is 3.59. The van der Waals surface area contributed by atoms with Gasteiger partial charge in [0.15, 0.2) is 0 Å². The van der Waals surface area contributed by atoms with Crippen LogP contribution in [-0.4, -0.2) is 4.98 Å². The summed E-state index contributed by atoms with van der Waals surface area (Å²) in [6.45, 7) is 2.07. The first-order valence-electron chi connectivity index (χ1n) is 6.52. The highest BCUT2D eigenvalue weighted by Crippen LogP contribution is 2.28. The minimum absolute atomic E-state index is 0.228. The Morgan fingerprint density at radius 1 is 1.05 bits per heavy atom. The summed E-state index contributed by atoms with van der Waals surface area (Å²) in [6, 6.07) is 18.2. The van der Waals surface area contributed by atoms with E-state index in [1.54, 1.807) is 0 Å². The average molecular weight is 327 g/mol. The fourth-order valence-corrected chi connectivity index (χ4v) is 2.93. The van der Waals surface area contributed by atoms with Gasteiger partial charge in [-0.15, -0.1) is 0 Å². The molecular formula is C17H15BrN2. The van der Waals surface area contributed by atoms with Crippen LogP contribution in [0.2, 0.25) is 0 Å². The molecule has 1 unspecified atom stereocenters. The van der Waals surface area contributed by atoms with Crippen molar-refractivity contribution in [3.05, 3.63) is 75.9 Å². The predicted octanol–water partition coefficient (Wildman–Crippen LogP) is 4.35. The predicted molar refractivity (Wildman–Crippen MR) is 86.7 cm³/mol. The van der Waals surface area contributed by atoms with Crippen LogP contribution in [0.15, 0.2) is 59.1 Å². The number of hydrogen-bond acceptors (Lipinski definition) is 2. The summed E-state index contributed by atoms with van der Waals surface area (Å²) in [5.74, 6) is 0. The molecule has 2 N–H and O–H groups in total. The summed E-state index contributed by atoms with van der Waals surface area (Å²) in [5, 5.41) is 1.11. The van der Waals surface area contributed by atoms with Gasteiger partial charge in [0, 0.05) is 9.86 Å². The third-order valence-electron chi connectivity index (χ3n) is 3.40. The Morgan fingerprint density at radius 3 is 2.65 bits per heavy atom. The molecule has 2 aromatic carbocycles. The average Bonchev–Trinajstić information content (AvgIpc) is 2.46. The number of rotatable bonds is 2. The lowest BCUT2D eigenvalue weighted by molar-refractivity contribution is 0.828. The first-order chi connectivity index (χ1) is 9.65. The Morgan fingerprint density at radius 2 is 1.85 bits per heavy atom. The van der Waals surface area contributed by atoms with Gasteiger partial charge in [0.2, 0.25) is 0 Å². The first kappa shape index (κ1) is 13.3. The molecule has 0 aliphatic heterocycles. The van der Waals surface area contributed by atoms with E-state index in [9.17, 15) is 0 Å². The van der Waals surface area contributed by atoms with Crippen LogP contribution in [-0.2, 0) is 0 Å². The molecule has 0 amide bonds. The van der Waals surface area contributed by atoms with Crippen molar-refractivity contribution < 1.29 is 0 Å². The Kier molecular flexibility index (Phi) is 3.55. The summed E-state index contributed by atoms with van der Waals surface area (Å²) < 4.78 is 0.949. The smallest absolute Gasteiger partial charge is 0.0765 e. The van der Waals surface area contributed by atoms with Crippen LogP contribution in [0.3, 0.4) is 0 Å². The van der Waals surface area contributed by atoms with Crippen molar-refractivity contribution in [2.75, 3.05) is 0 Å². The van der Waals surface area contributed by atoms with E-state index in [1.165, 1.54) is 5.56 Å². The SMILES string of the molecule is Cc1cccc(C(N)c2nc3ccccc3cc2Br)c1. The third kappa shape index (κ3) is 2.47. The van der Waals surface area contributed by atoms with Gasteiger partial charge in [-0.2, -0.15) is 0 Å². The van der Waals surface area contributed by atoms with E-state index in [2.05, 4.69) is 47.1 Å². The highest BCUT2D eigenvalue weighted by Gasteiger charge is 2.15. The highest BCUT2D eigenvalue weighted by molar-refractivity contribution is 9.10. The lowest BCUT2D eigenvalue weighted by atomic mass is 10.0. The largest absolute Gasteiger partial charge is 0.319 e. The molecule has 3 rings (SSSR count). The standard InChI is InChI=1S/C17H15BrN2/c1-11-5-4-7-13(9-11)16(19)17-14(18)10-12-6-2-3-8-15(12)20-17/h2-10,16H,19H2,1H3. The normalized spacial score (nSPS) is 12.6. The van der Waals surface area contributed by atoms with Crippen LogP contribution in [0, 0.1) is 6.92 Å². The topological polar surface area (TPSA) is 38.9 Å². The first-order valence-corrected chi connectivity index (χ1v) is 7.32. The van der Waals surface area contributed by atoms with Crippen molar-refractivity contribution in [2.24, 2.45) is 5.73 Å². The molecule has 0 fully saturated rings. The van der Waals surface area contributed by atoms with Gasteiger partial charge in [-0.1, -0.05) is 48.0 Å². The second-order valence-electron chi connectivity index (χ2n) is 4.94. The number of hydrogen-bond donors (Lipinski definition) is 1. The summed E-state index contributed by atoms with van der Waals surface area (Å²) in [7, 11) is 0. The number of aromatic nitrogens is 1. The van der Waals surface area contributed by atoms with Gasteiger partial charge in [-0.3, -0.25) is 0 Å². The van der Waals surface area contributed by atoms with Gasteiger partial charge in [0.1, 0.15) is 0 Å². The number of nitrogens with two attached hydrogens (primary N) is 1. The van der Waals surface area contributed by atoms with Gasteiger partial charge in [0.25, 0.3) is 0 Å². The lowest BCUT2D eigenvalue weighted by Gasteiger charge is -2.15. The van der Waals surface area contributed by atoms with Crippen molar-refractivity contribution in [3.63, 3.8) is 0 Å². The Balaban J connectivity index is 2.11. The molecule has 1 heterocycles. The van der Waals surface area contributed by atoms with E-state index in [1.807, 2.05) is 30.3 Å². The Labute approximate surface area is 126 Å². The molecule has 0 spiro atoms. The second-order valence-corrected chi connectivity index (χ2v) is 5.79. The van der Waals surface area contributed by atoms with Crippen LogP contribution in [0.1, 0.15) is 22.9 Å². The number of fused-ring (bicyclic) bond motifs is 1. The number of nitrogens with zero attached hydrogens (tertiary/aromatic N) is 1. The maximum absolute atomic E-state index is 6.38. The molecule has 1 aromatic heterocycles. The minimum Gasteiger partial charge on any atom is -0.319 e. The molecule has 3 aromatic rings. The van der Waals surface area contributed by atoms with E-state index in [-0.39, 0.29) is 6.04 Å². The van der Waals surface area contributed by atoms with Crippen LogP contribution >= 0.6 is 15.9 Å². The van der Waals surface area contributed by atoms with E-state index in [0.29, 0.717) is 0 Å².